The van der Waals surface area contributed by atoms with Gasteiger partial charge in [-0.1, -0.05) is 30.3 Å². The summed E-state index contributed by atoms with van der Waals surface area (Å²) in [4.78, 5) is 10.1. The first-order chi connectivity index (χ1) is 12.6. The van der Waals surface area contributed by atoms with Gasteiger partial charge in [0.25, 0.3) is 0 Å². The average Bonchev–Trinajstić information content (AvgIpc) is 2.94. The van der Waals surface area contributed by atoms with Gasteiger partial charge in [-0.15, -0.1) is 0 Å². The second-order valence-corrected chi connectivity index (χ2v) is 5.75. The second-order valence-electron chi connectivity index (χ2n) is 5.75. The summed E-state index contributed by atoms with van der Waals surface area (Å²) in [5.74, 6) is -0.445. The van der Waals surface area contributed by atoms with Crippen LogP contribution in [0, 0.1) is 15.9 Å². The van der Waals surface area contributed by atoms with Gasteiger partial charge >= 0.3 is 7.12 Å². The Morgan fingerprint density at radius 3 is 2.73 bits per heavy atom. The van der Waals surface area contributed by atoms with E-state index in [-0.39, 0.29) is 30.0 Å². The van der Waals surface area contributed by atoms with Gasteiger partial charge in [0.05, 0.1) is 13.2 Å². The van der Waals surface area contributed by atoms with Crippen LogP contribution in [0.25, 0.3) is 0 Å². The SMILES string of the molecule is O=[N+]([O-])CC1OB(O)c2c(OCCOCc3ccccc3)ccc(F)c21. The minimum Gasteiger partial charge on any atom is -0.492 e. The molecule has 9 heteroatoms. The molecule has 2 aromatic carbocycles. The van der Waals surface area contributed by atoms with Gasteiger partial charge in [-0.25, -0.2) is 4.39 Å². The third-order valence-electron chi connectivity index (χ3n) is 3.97. The molecular weight excluding hydrogens is 344 g/mol. The smallest absolute Gasteiger partial charge is 0.492 e. The minimum absolute atomic E-state index is 0.0306. The number of halogens is 1. The van der Waals surface area contributed by atoms with E-state index in [1.54, 1.807) is 0 Å². The van der Waals surface area contributed by atoms with Crippen LogP contribution in [-0.4, -0.2) is 36.8 Å². The zero-order valence-electron chi connectivity index (χ0n) is 13.8. The molecule has 0 spiro atoms. The molecule has 0 saturated carbocycles. The minimum atomic E-state index is -1.47. The predicted octanol–water partition coefficient (Wildman–Crippen LogP) is 1.46. The molecule has 0 saturated heterocycles. The molecule has 26 heavy (non-hydrogen) atoms. The number of benzene rings is 2. The summed E-state index contributed by atoms with van der Waals surface area (Å²) < 4.78 is 30.3. The third-order valence-corrected chi connectivity index (χ3v) is 3.97. The summed E-state index contributed by atoms with van der Waals surface area (Å²) in [6.07, 6.45) is -1.15. The van der Waals surface area contributed by atoms with Crippen molar-refractivity contribution in [3.8, 4) is 5.75 Å². The van der Waals surface area contributed by atoms with Gasteiger partial charge in [0.2, 0.25) is 6.54 Å². The van der Waals surface area contributed by atoms with E-state index in [2.05, 4.69) is 0 Å². The fourth-order valence-electron chi connectivity index (χ4n) is 2.83. The van der Waals surface area contributed by atoms with Crippen LogP contribution in [-0.2, 0) is 16.0 Å². The molecule has 0 aliphatic carbocycles. The monoisotopic (exact) mass is 361 g/mol. The highest BCUT2D eigenvalue weighted by atomic mass is 19.1. The molecule has 136 valence electrons. The van der Waals surface area contributed by atoms with Crippen molar-refractivity contribution in [2.24, 2.45) is 0 Å². The fraction of sp³-hybridized carbons (Fsp3) is 0.294. The van der Waals surface area contributed by atoms with E-state index in [0.717, 1.165) is 11.6 Å². The van der Waals surface area contributed by atoms with Crippen LogP contribution in [0.1, 0.15) is 17.2 Å². The van der Waals surface area contributed by atoms with E-state index in [0.29, 0.717) is 6.61 Å². The summed E-state index contributed by atoms with van der Waals surface area (Å²) in [5, 5.41) is 20.7. The van der Waals surface area contributed by atoms with E-state index < -0.39 is 30.5 Å². The lowest BCUT2D eigenvalue weighted by Crippen LogP contribution is -2.30. The first kappa shape index (κ1) is 18.3. The van der Waals surface area contributed by atoms with E-state index in [1.807, 2.05) is 30.3 Å². The van der Waals surface area contributed by atoms with E-state index in [1.165, 1.54) is 6.07 Å². The van der Waals surface area contributed by atoms with Gasteiger partial charge < -0.3 is 19.2 Å². The number of ether oxygens (including phenoxy) is 2. The van der Waals surface area contributed by atoms with Gasteiger partial charge in [0.15, 0.2) is 0 Å². The summed E-state index contributed by atoms with van der Waals surface area (Å²) in [7, 11) is -1.47. The van der Waals surface area contributed by atoms with Crippen LogP contribution in [0.2, 0.25) is 0 Å². The van der Waals surface area contributed by atoms with Gasteiger partial charge in [-0.3, -0.25) is 10.1 Å². The number of hydrogen-bond donors (Lipinski definition) is 1. The first-order valence-electron chi connectivity index (χ1n) is 8.08. The fourth-order valence-corrected chi connectivity index (χ4v) is 2.83. The largest absolute Gasteiger partial charge is 0.496 e. The topological polar surface area (TPSA) is 91.1 Å². The van der Waals surface area contributed by atoms with Crippen molar-refractivity contribution in [1.82, 2.24) is 0 Å². The van der Waals surface area contributed by atoms with Crippen molar-refractivity contribution < 1.29 is 28.5 Å². The lowest BCUT2D eigenvalue weighted by molar-refractivity contribution is -0.490. The van der Waals surface area contributed by atoms with E-state index in [9.17, 15) is 19.5 Å². The van der Waals surface area contributed by atoms with Crippen molar-refractivity contribution in [1.29, 1.82) is 0 Å². The normalized spacial score (nSPS) is 15.8. The molecule has 2 aromatic rings. The van der Waals surface area contributed by atoms with Gasteiger partial charge in [0, 0.05) is 15.9 Å². The second kappa shape index (κ2) is 8.26. The Morgan fingerprint density at radius 1 is 1.23 bits per heavy atom. The Bertz CT molecular complexity index is 775. The predicted molar refractivity (Wildman–Crippen MR) is 91.3 cm³/mol. The maximum Gasteiger partial charge on any atom is 0.496 e. The molecule has 3 rings (SSSR count). The summed E-state index contributed by atoms with van der Waals surface area (Å²) in [5.41, 5.74) is 1.10. The van der Waals surface area contributed by atoms with Crippen LogP contribution in [0.15, 0.2) is 42.5 Å². The maximum absolute atomic E-state index is 14.1. The Labute approximate surface area is 149 Å². The number of rotatable bonds is 8. The molecule has 0 amide bonds. The molecule has 0 aromatic heterocycles. The molecule has 0 bridgehead atoms. The number of hydrogen-bond acceptors (Lipinski definition) is 6. The number of nitro groups is 1. The zero-order chi connectivity index (χ0) is 18.5. The molecule has 1 aliphatic rings. The highest BCUT2D eigenvalue weighted by Crippen LogP contribution is 2.30. The van der Waals surface area contributed by atoms with Crippen molar-refractivity contribution >= 4 is 12.6 Å². The van der Waals surface area contributed by atoms with Crippen molar-refractivity contribution in [3.05, 3.63) is 69.5 Å². The van der Waals surface area contributed by atoms with Gasteiger partial charge in [-0.05, 0) is 17.7 Å². The van der Waals surface area contributed by atoms with E-state index in [4.69, 9.17) is 14.1 Å². The average molecular weight is 361 g/mol. The van der Waals surface area contributed by atoms with Crippen molar-refractivity contribution in [2.75, 3.05) is 19.8 Å². The maximum atomic E-state index is 14.1. The molecule has 1 atom stereocenters. The third kappa shape index (κ3) is 4.19. The van der Waals surface area contributed by atoms with Crippen LogP contribution in [0.4, 0.5) is 4.39 Å². The van der Waals surface area contributed by atoms with Gasteiger partial charge in [0.1, 0.15) is 24.3 Å². The molecule has 7 nitrogen and oxygen atoms in total. The Balaban J connectivity index is 1.60. The summed E-state index contributed by atoms with van der Waals surface area (Å²) >= 11 is 0. The molecule has 1 N–H and O–H groups in total. The number of fused-ring (bicyclic) bond motifs is 1. The van der Waals surface area contributed by atoms with Crippen molar-refractivity contribution in [3.63, 3.8) is 0 Å². The Kier molecular flexibility index (Phi) is 5.82. The Morgan fingerprint density at radius 2 is 2.00 bits per heavy atom. The lowest BCUT2D eigenvalue weighted by Gasteiger charge is -2.12. The zero-order valence-corrected chi connectivity index (χ0v) is 13.8. The molecule has 1 heterocycles. The highest BCUT2D eigenvalue weighted by Gasteiger charge is 2.42. The Hall–Kier alpha value is -2.49. The number of nitrogens with zero attached hydrogens (tertiary/aromatic N) is 1. The standard InChI is InChI=1S/C17H17BFNO6/c19-13-6-7-14(17-16(13)15(10-20(22)23)26-18(17)21)25-9-8-24-11-12-4-2-1-3-5-12/h1-7,15,21H,8-11H2. The molecule has 1 aliphatic heterocycles. The lowest BCUT2D eigenvalue weighted by atomic mass is 9.78. The summed E-state index contributed by atoms with van der Waals surface area (Å²) in [6, 6.07) is 12.1. The van der Waals surface area contributed by atoms with Crippen LogP contribution < -0.4 is 10.2 Å². The summed E-state index contributed by atoms with van der Waals surface area (Å²) in [6.45, 7) is 0.265. The molecule has 0 radical (unpaired) electrons. The molecule has 1 unspecified atom stereocenters. The highest BCUT2D eigenvalue weighted by molar-refractivity contribution is 6.62. The molecular formula is C17H17BFNO6. The van der Waals surface area contributed by atoms with E-state index >= 15 is 0 Å². The van der Waals surface area contributed by atoms with Crippen LogP contribution in [0.5, 0.6) is 5.75 Å². The molecule has 0 fully saturated rings. The van der Waals surface area contributed by atoms with Crippen LogP contribution >= 0.6 is 0 Å². The first-order valence-corrected chi connectivity index (χ1v) is 8.08. The quantitative estimate of drug-likeness (QED) is 0.331. The van der Waals surface area contributed by atoms with Crippen molar-refractivity contribution in [2.45, 2.75) is 12.7 Å². The van der Waals surface area contributed by atoms with Crippen LogP contribution in [0.3, 0.4) is 0 Å². The van der Waals surface area contributed by atoms with Gasteiger partial charge in [-0.2, -0.15) is 0 Å².